The molecule has 0 saturated heterocycles. The molecule has 1 atom stereocenters. The molecule has 4 nitrogen and oxygen atoms in total. The zero-order chi connectivity index (χ0) is 7.28. The minimum atomic E-state index is -1.31. The van der Waals surface area contributed by atoms with Crippen LogP contribution in [0.4, 0.5) is 0 Å². The molecule has 9 heavy (non-hydrogen) atoms. The van der Waals surface area contributed by atoms with E-state index in [0.717, 1.165) is 0 Å². The SMILES string of the molecule is C=NC(=O)C(O)CC=O. The second-order valence-electron chi connectivity index (χ2n) is 1.41. The highest BCUT2D eigenvalue weighted by Crippen LogP contribution is 1.89. The molecule has 4 heteroatoms. The Morgan fingerprint density at radius 3 is 2.78 bits per heavy atom. The van der Waals surface area contributed by atoms with Crippen molar-refractivity contribution < 1.29 is 14.7 Å². The van der Waals surface area contributed by atoms with Crippen molar-refractivity contribution in [2.45, 2.75) is 12.5 Å². The van der Waals surface area contributed by atoms with Gasteiger partial charge < -0.3 is 9.90 Å². The lowest BCUT2D eigenvalue weighted by Gasteiger charge is -1.97. The van der Waals surface area contributed by atoms with Crippen molar-refractivity contribution in [3.63, 3.8) is 0 Å². The molecule has 0 rings (SSSR count). The van der Waals surface area contributed by atoms with E-state index in [1.54, 1.807) is 0 Å². The number of nitrogens with zero attached hydrogens (tertiary/aromatic N) is 1. The fourth-order valence-electron chi connectivity index (χ4n) is 0.297. The van der Waals surface area contributed by atoms with E-state index in [2.05, 4.69) is 11.7 Å². The fourth-order valence-corrected chi connectivity index (χ4v) is 0.297. The number of amides is 1. The summed E-state index contributed by atoms with van der Waals surface area (Å²) in [6, 6.07) is 0. The molecular weight excluding hydrogens is 122 g/mol. The van der Waals surface area contributed by atoms with Gasteiger partial charge in [0.2, 0.25) is 0 Å². The van der Waals surface area contributed by atoms with Gasteiger partial charge in [-0.1, -0.05) is 0 Å². The Balaban J connectivity index is 3.71. The summed E-state index contributed by atoms with van der Waals surface area (Å²) in [4.78, 5) is 22.8. The first kappa shape index (κ1) is 7.97. The monoisotopic (exact) mass is 129 g/mol. The fraction of sp³-hybridized carbons (Fsp3) is 0.400. The largest absolute Gasteiger partial charge is 0.383 e. The summed E-state index contributed by atoms with van der Waals surface area (Å²) < 4.78 is 0. The van der Waals surface area contributed by atoms with Crippen LogP contribution in [0.5, 0.6) is 0 Å². The molecule has 0 heterocycles. The Morgan fingerprint density at radius 1 is 1.89 bits per heavy atom. The lowest BCUT2D eigenvalue weighted by atomic mass is 10.3. The Morgan fingerprint density at radius 2 is 2.44 bits per heavy atom. The maximum atomic E-state index is 10.3. The van der Waals surface area contributed by atoms with Gasteiger partial charge in [-0.2, -0.15) is 0 Å². The highest BCUT2D eigenvalue weighted by Gasteiger charge is 2.10. The Kier molecular flexibility index (Phi) is 3.46. The maximum absolute atomic E-state index is 10.3. The van der Waals surface area contributed by atoms with Gasteiger partial charge in [-0.05, 0) is 6.72 Å². The molecule has 1 amide bonds. The average molecular weight is 129 g/mol. The molecule has 0 radical (unpaired) electrons. The third-order valence-electron chi connectivity index (χ3n) is 0.760. The quantitative estimate of drug-likeness (QED) is 0.399. The van der Waals surface area contributed by atoms with Gasteiger partial charge in [-0.15, -0.1) is 0 Å². The van der Waals surface area contributed by atoms with Crippen molar-refractivity contribution in [2.75, 3.05) is 0 Å². The maximum Gasteiger partial charge on any atom is 0.274 e. The standard InChI is InChI=1S/C5H7NO3/c1-6-5(9)4(8)2-3-7/h3-4,8H,1-2H2. The number of aliphatic imine (C=N–C) groups is 1. The minimum Gasteiger partial charge on any atom is -0.383 e. The van der Waals surface area contributed by atoms with Crippen LogP contribution in [0, 0.1) is 0 Å². The molecule has 0 bridgehead atoms. The second-order valence-corrected chi connectivity index (χ2v) is 1.41. The molecule has 0 fully saturated rings. The zero-order valence-corrected chi connectivity index (χ0v) is 4.78. The molecule has 50 valence electrons. The summed E-state index contributed by atoms with van der Waals surface area (Å²) in [5, 5.41) is 8.60. The molecule has 0 spiro atoms. The number of aldehydes is 1. The van der Waals surface area contributed by atoms with Crippen LogP contribution < -0.4 is 0 Å². The number of carbonyl (C=O) groups excluding carboxylic acids is 2. The average Bonchev–Trinajstić information content (AvgIpc) is 1.87. The van der Waals surface area contributed by atoms with E-state index >= 15 is 0 Å². The topological polar surface area (TPSA) is 66.7 Å². The summed E-state index contributed by atoms with van der Waals surface area (Å²) in [6.45, 7) is 2.89. The van der Waals surface area contributed by atoms with Gasteiger partial charge in [-0.25, -0.2) is 4.99 Å². The number of carbonyl (C=O) groups is 2. The van der Waals surface area contributed by atoms with Gasteiger partial charge >= 0.3 is 0 Å². The summed E-state index contributed by atoms with van der Waals surface area (Å²) in [5.74, 6) is -0.762. The predicted molar refractivity (Wildman–Crippen MR) is 31.2 cm³/mol. The van der Waals surface area contributed by atoms with Crippen LogP contribution in [0.25, 0.3) is 0 Å². The molecule has 0 aliphatic heterocycles. The van der Waals surface area contributed by atoms with Gasteiger partial charge in [0.1, 0.15) is 12.4 Å². The first-order valence-electron chi connectivity index (χ1n) is 2.34. The third-order valence-corrected chi connectivity index (χ3v) is 0.760. The van der Waals surface area contributed by atoms with E-state index in [-0.39, 0.29) is 6.42 Å². The minimum absolute atomic E-state index is 0.210. The summed E-state index contributed by atoms with van der Waals surface area (Å²) in [5.41, 5.74) is 0. The number of hydrogen-bond acceptors (Lipinski definition) is 3. The van der Waals surface area contributed by atoms with Gasteiger partial charge in [0.25, 0.3) is 5.91 Å². The zero-order valence-electron chi connectivity index (χ0n) is 4.78. The molecule has 1 N–H and O–H groups in total. The summed E-state index contributed by atoms with van der Waals surface area (Å²) in [6.07, 6.45) is -1.06. The molecular formula is C5H7NO3. The van der Waals surface area contributed by atoms with Crippen LogP contribution in [-0.4, -0.2) is 30.1 Å². The van der Waals surface area contributed by atoms with Crippen molar-refractivity contribution >= 4 is 18.9 Å². The number of hydrogen-bond donors (Lipinski definition) is 1. The lowest BCUT2D eigenvalue weighted by Crippen LogP contribution is -2.17. The van der Waals surface area contributed by atoms with Crippen LogP contribution in [0.3, 0.4) is 0 Å². The molecule has 0 aliphatic rings. The Labute approximate surface area is 52.2 Å². The highest BCUT2D eigenvalue weighted by molar-refractivity contribution is 5.86. The van der Waals surface area contributed by atoms with E-state index in [1.807, 2.05) is 0 Å². The van der Waals surface area contributed by atoms with Crippen molar-refractivity contribution in [1.29, 1.82) is 0 Å². The predicted octanol–water partition coefficient (Wildman–Crippen LogP) is -0.837. The first-order valence-corrected chi connectivity index (χ1v) is 2.34. The summed E-state index contributed by atoms with van der Waals surface area (Å²) >= 11 is 0. The van der Waals surface area contributed by atoms with E-state index in [9.17, 15) is 9.59 Å². The van der Waals surface area contributed by atoms with Crippen LogP contribution >= 0.6 is 0 Å². The molecule has 0 aliphatic carbocycles. The van der Waals surface area contributed by atoms with Crippen molar-refractivity contribution in [2.24, 2.45) is 4.99 Å². The van der Waals surface area contributed by atoms with Crippen LogP contribution in [0.1, 0.15) is 6.42 Å². The van der Waals surface area contributed by atoms with Gasteiger partial charge in [0.15, 0.2) is 0 Å². The van der Waals surface area contributed by atoms with E-state index in [4.69, 9.17) is 5.11 Å². The summed E-state index contributed by atoms with van der Waals surface area (Å²) in [7, 11) is 0. The van der Waals surface area contributed by atoms with Crippen molar-refractivity contribution in [3.8, 4) is 0 Å². The van der Waals surface area contributed by atoms with E-state index < -0.39 is 12.0 Å². The first-order chi connectivity index (χ1) is 4.22. The molecule has 0 aromatic heterocycles. The second kappa shape index (κ2) is 3.91. The molecule has 0 saturated carbocycles. The van der Waals surface area contributed by atoms with Crippen molar-refractivity contribution in [1.82, 2.24) is 0 Å². The Bertz CT molecular complexity index is 132. The van der Waals surface area contributed by atoms with E-state index in [0.29, 0.717) is 6.29 Å². The van der Waals surface area contributed by atoms with Crippen LogP contribution in [0.2, 0.25) is 0 Å². The Hall–Kier alpha value is -1.03. The van der Waals surface area contributed by atoms with Crippen LogP contribution in [0.15, 0.2) is 4.99 Å². The van der Waals surface area contributed by atoms with Crippen LogP contribution in [-0.2, 0) is 9.59 Å². The number of aliphatic hydroxyl groups is 1. The number of rotatable bonds is 3. The molecule has 1 unspecified atom stereocenters. The van der Waals surface area contributed by atoms with Gasteiger partial charge in [0.05, 0.1) is 0 Å². The van der Waals surface area contributed by atoms with Gasteiger partial charge in [-0.3, -0.25) is 4.79 Å². The highest BCUT2D eigenvalue weighted by atomic mass is 16.3. The van der Waals surface area contributed by atoms with Crippen molar-refractivity contribution in [3.05, 3.63) is 0 Å². The smallest absolute Gasteiger partial charge is 0.274 e. The van der Waals surface area contributed by atoms with Gasteiger partial charge in [0, 0.05) is 6.42 Å². The molecule has 0 aromatic rings. The molecule has 0 aromatic carbocycles. The third kappa shape index (κ3) is 2.71. The lowest BCUT2D eigenvalue weighted by molar-refractivity contribution is -0.128. The number of aliphatic hydroxyl groups excluding tert-OH is 1. The normalized spacial score (nSPS) is 12.1. The van der Waals surface area contributed by atoms with E-state index in [1.165, 1.54) is 0 Å².